The number of rotatable bonds is 17. The Morgan fingerprint density at radius 2 is 1.73 bits per heavy atom. The lowest BCUT2D eigenvalue weighted by atomic mass is 9.97. The molecule has 0 aliphatic rings. The van der Waals surface area contributed by atoms with Gasteiger partial charge in [-0.3, -0.25) is 14.4 Å². The number of ether oxygens (including phenoxy) is 2. The molecular formula is C32H51N3O6. The fraction of sp³-hybridized carbons (Fsp3) is 0.625. The number of unbranched alkanes of at least 4 members (excludes halogenated alkanes) is 4. The number of esters is 1. The van der Waals surface area contributed by atoms with E-state index in [0.717, 1.165) is 31.2 Å². The van der Waals surface area contributed by atoms with Gasteiger partial charge in [-0.1, -0.05) is 77.3 Å². The molecule has 2 N–H and O–H groups in total. The molecule has 0 radical (unpaired) electrons. The summed E-state index contributed by atoms with van der Waals surface area (Å²) < 4.78 is 10.4. The smallest absolute Gasteiger partial charge is 0.408 e. The molecule has 41 heavy (non-hydrogen) atoms. The lowest BCUT2D eigenvalue weighted by molar-refractivity contribution is -0.144. The first-order valence-corrected chi connectivity index (χ1v) is 14.8. The zero-order chi connectivity index (χ0) is 31.0. The van der Waals surface area contributed by atoms with Crippen LogP contribution in [0.1, 0.15) is 104 Å². The van der Waals surface area contributed by atoms with Crippen molar-refractivity contribution < 1.29 is 28.7 Å². The van der Waals surface area contributed by atoms with E-state index in [1.165, 1.54) is 0 Å². The first-order chi connectivity index (χ1) is 19.3. The number of nitrogens with zero attached hydrogens (tertiary/aromatic N) is 1. The average molecular weight is 574 g/mol. The Kier molecular flexibility index (Phi) is 15.8. The number of amides is 3. The van der Waals surface area contributed by atoms with Gasteiger partial charge in [0, 0.05) is 13.1 Å². The molecule has 230 valence electrons. The van der Waals surface area contributed by atoms with Crippen molar-refractivity contribution in [2.75, 3.05) is 19.7 Å². The highest BCUT2D eigenvalue weighted by molar-refractivity contribution is 5.92. The van der Waals surface area contributed by atoms with Gasteiger partial charge in [-0.2, -0.15) is 0 Å². The van der Waals surface area contributed by atoms with Crippen molar-refractivity contribution in [2.24, 2.45) is 5.92 Å². The molecule has 0 saturated heterocycles. The largest absolute Gasteiger partial charge is 0.466 e. The van der Waals surface area contributed by atoms with Gasteiger partial charge in [0.2, 0.25) is 11.8 Å². The first-order valence-electron chi connectivity index (χ1n) is 14.8. The van der Waals surface area contributed by atoms with E-state index in [1.807, 2.05) is 32.0 Å². The van der Waals surface area contributed by atoms with E-state index < -0.39 is 35.7 Å². The second kappa shape index (κ2) is 18.1. The van der Waals surface area contributed by atoms with Crippen LogP contribution in [0.3, 0.4) is 0 Å². The number of carbonyl (C=O) groups excluding carboxylic acids is 4. The number of benzene rings is 1. The van der Waals surface area contributed by atoms with E-state index in [0.29, 0.717) is 18.5 Å². The van der Waals surface area contributed by atoms with Gasteiger partial charge in [0.15, 0.2) is 0 Å². The number of hydrogen-bond acceptors (Lipinski definition) is 6. The molecular weight excluding hydrogens is 522 g/mol. The summed E-state index contributed by atoms with van der Waals surface area (Å²) in [6, 6.07) is 5.39. The van der Waals surface area contributed by atoms with Gasteiger partial charge in [0.05, 0.1) is 13.0 Å². The van der Waals surface area contributed by atoms with Crippen LogP contribution in [0.2, 0.25) is 0 Å². The second-order valence-corrected chi connectivity index (χ2v) is 11.4. The summed E-state index contributed by atoms with van der Waals surface area (Å²) in [5, 5.41) is 5.57. The SMILES string of the molecule is C=Cc1cccc(C(C(=O)NCCC(=O)OCC)N(CCCCCCC)C(=O)C(NC(=O)OC(C)(C)C)C(C)C)c1. The minimum absolute atomic E-state index is 0.0127. The molecule has 0 heterocycles. The van der Waals surface area contributed by atoms with Crippen molar-refractivity contribution in [1.29, 1.82) is 0 Å². The standard InChI is InChI=1S/C32H51N3O6/c1-9-12-13-14-15-21-35(30(38)27(23(4)5)34-31(39)41-32(6,7)8)28(25-18-16-17-24(10-2)22-25)29(37)33-20-19-26(36)40-11-3/h10,16-18,22-23,27-28H,2,9,11-15,19-21H2,1,3-8H3,(H,33,37)(H,34,39). The van der Waals surface area contributed by atoms with Crippen molar-refractivity contribution >= 4 is 30.0 Å². The summed E-state index contributed by atoms with van der Waals surface area (Å²) in [7, 11) is 0. The molecule has 0 aromatic heterocycles. The summed E-state index contributed by atoms with van der Waals surface area (Å²) in [6.07, 6.45) is 5.76. The Morgan fingerprint density at radius 1 is 1.05 bits per heavy atom. The predicted molar refractivity (Wildman–Crippen MR) is 162 cm³/mol. The van der Waals surface area contributed by atoms with Gasteiger partial charge in [-0.25, -0.2) is 4.79 Å². The van der Waals surface area contributed by atoms with Crippen LogP contribution in [0.4, 0.5) is 4.79 Å². The lowest BCUT2D eigenvalue weighted by Gasteiger charge is -2.35. The minimum atomic E-state index is -0.988. The van der Waals surface area contributed by atoms with Gasteiger partial charge in [0.25, 0.3) is 0 Å². The Labute approximate surface area is 246 Å². The van der Waals surface area contributed by atoms with E-state index in [1.54, 1.807) is 44.7 Å². The quantitative estimate of drug-likeness (QED) is 0.180. The summed E-state index contributed by atoms with van der Waals surface area (Å²) >= 11 is 0. The predicted octanol–water partition coefficient (Wildman–Crippen LogP) is 5.79. The van der Waals surface area contributed by atoms with Crippen LogP contribution >= 0.6 is 0 Å². The fourth-order valence-electron chi connectivity index (χ4n) is 4.33. The highest BCUT2D eigenvalue weighted by atomic mass is 16.6. The molecule has 2 atom stereocenters. The highest BCUT2D eigenvalue weighted by Crippen LogP contribution is 2.26. The fourth-order valence-corrected chi connectivity index (χ4v) is 4.33. The zero-order valence-corrected chi connectivity index (χ0v) is 26.1. The topological polar surface area (TPSA) is 114 Å². The Morgan fingerprint density at radius 3 is 2.32 bits per heavy atom. The van der Waals surface area contributed by atoms with Crippen LogP contribution in [0.5, 0.6) is 0 Å². The molecule has 1 aromatic rings. The van der Waals surface area contributed by atoms with Crippen LogP contribution in [0, 0.1) is 5.92 Å². The van der Waals surface area contributed by atoms with Crippen LogP contribution < -0.4 is 10.6 Å². The summed E-state index contributed by atoms with van der Waals surface area (Å²) in [4.78, 5) is 54.1. The third-order valence-electron chi connectivity index (χ3n) is 6.35. The zero-order valence-electron chi connectivity index (χ0n) is 26.1. The molecule has 0 aliphatic carbocycles. The van der Waals surface area contributed by atoms with E-state index in [4.69, 9.17) is 9.47 Å². The molecule has 1 rings (SSSR count). The van der Waals surface area contributed by atoms with Crippen molar-refractivity contribution in [3.05, 3.63) is 42.0 Å². The summed E-state index contributed by atoms with van der Waals surface area (Å²) in [5.74, 6) is -1.49. The number of nitrogens with one attached hydrogen (secondary N) is 2. The third-order valence-corrected chi connectivity index (χ3v) is 6.35. The van der Waals surface area contributed by atoms with Crippen LogP contribution in [-0.4, -0.2) is 60.1 Å². The van der Waals surface area contributed by atoms with Gasteiger partial charge >= 0.3 is 12.1 Å². The molecule has 0 bridgehead atoms. The van der Waals surface area contributed by atoms with Crippen LogP contribution in [0.25, 0.3) is 6.08 Å². The van der Waals surface area contributed by atoms with Gasteiger partial charge in [-0.05, 0) is 57.2 Å². The second-order valence-electron chi connectivity index (χ2n) is 11.4. The van der Waals surface area contributed by atoms with E-state index in [-0.39, 0.29) is 31.4 Å². The Bertz CT molecular complexity index is 1000. The maximum Gasteiger partial charge on any atom is 0.408 e. The molecule has 0 fully saturated rings. The molecule has 3 amide bonds. The summed E-state index contributed by atoms with van der Waals surface area (Å²) in [5.41, 5.74) is 0.673. The van der Waals surface area contributed by atoms with E-state index >= 15 is 0 Å². The lowest BCUT2D eigenvalue weighted by Crippen LogP contribution is -2.55. The van der Waals surface area contributed by atoms with Gasteiger partial charge < -0.3 is 25.0 Å². The molecule has 0 saturated carbocycles. The molecule has 2 unspecified atom stereocenters. The number of alkyl carbamates (subject to hydrolysis) is 1. The normalized spacial score (nSPS) is 12.7. The molecule has 0 spiro atoms. The van der Waals surface area contributed by atoms with Crippen molar-refractivity contribution in [3.8, 4) is 0 Å². The maximum atomic E-state index is 14.2. The highest BCUT2D eigenvalue weighted by Gasteiger charge is 2.37. The molecule has 0 aliphatic heterocycles. The maximum absolute atomic E-state index is 14.2. The van der Waals surface area contributed by atoms with Crippen molar-refractivity contribution in [2.45, 2.75) is 105 Å². The summed E-state index contributed by atoms with van der Waals surface area (Å²) in [6.45, 7) is 17.3. The minimum Gasteiger partial charge on any atom is -0.466 e. The van der Waals surface area contributed by atoms with E-state index in [2.05, 4.69) is 24.1 Å². The molecule has 1 aromatic carbocycles. The van der Waals surface area contributed by atoms with Gasteiger partial charge in [-0.15, -0.1) is 0 Å². The van der Waals surface area contributed by atoms with Crippen LogP contribution in [0.15, 0.2) is 30.8 Å². The molecule has 9 nitrogen and oxygen atoms in total. The van der Waals surface area contributed by atoms with Gasteiger partial charge in [0.1, 0.15) is 17.7 Å². The third kappa shape index (κ3) is 13.2. The van der Waals surface area contributed by atoms with Crippen LogP contribution in [-0.2, 0) is 23.9 Å². The number of carbonyl (C=O) groups is 4. The monoisotopic (exact) mass is 573 g/mol. The Hall–Kier alpha value is -3.36. The van der Waals surface area contributed by atoms with Crippen molar-refractivity contribution in [3.63, 3.8) is 0 Å². The Balaban J connectivity index is 3.46. The number of hydrogen-bond donors (Lipinski definition) is 2. The first kappa shape index (κ1) is 35.7. The molecule has 9 heteroatoms. The average Bonchev–Trinajstić information content (AvgIpc) is 2.89. The van der Waals surface area contributed by atoms with E-state index in [9.17, 15) is 19.2 Å². The van der Waals surface area contributed by atoms with Crippen molar-refractivity contribution in [1.82, 2.24) is 15.5 Å².